The molecule has 0 fully saturated rings. The van der Waals surface area contributed by atoms with Crippen LogP contribution in [0.15, 0.2) is 139 Å². The van der Waals surface area contributed by atoms with Gasteiger partial charge in [-0.1, -0.05) is 72.8 Å². The Morgan fingerprint density at radius 3 is 1.27 bits per heavy atom. The molecule has 30 heavy (non-hydrogen) atoms. The average molecular weight is 389 g/mol. The lowest BCUT2D eigenvalue weighted by Gasteiger charge is -2.23. The highest BCUT2D eigenvalue weighted by molar-refractivity contribution is 5.66. The molecule has 0 aromatic heterocycles. The Bertz CT molecular complexity index is 1010. The molecule has 2 nitrogen and oxygen atoms in total. The maximum absolute atomic E-state index is 3.39. The van der Waals surface area contributed by atoms with E-state index in [9.17, 15) is 0 Å². The molecule has 146 valence electrons. The fraction of sp³-hybridized carbons (Fsp3) is 0.0357. The maximum atomic E-state index is 3.39. The normalized spacial score (nSPS) is 10.0. The van der Waals surface area contributed by atoms with E-state index >= 15 is 0 Å². The first-order chi connectivity index (χ1) is 14.9. The third-order valence-electron chi connectivity index (χ3n) is 4.80. The molecular formula is C28H24N2. The van der Waals surface area contributed by atoms with Crippen LogP contribution < -0.4 is 9.80 Å². The topological polar surface area (TPSA) is 6.48 Å². The molecule has 0 spiro atoms. The van der Waals surface area contributed by atoms with Crippen molar-refractivity contribution in [2.75, 3.05) is 16.3 Å². The van der Waals surface area contributed by atoms with E-state index in [-0.39, 0.29) is 0 Å². The molecule has 0 N–H and O–H groups in total. The third-order valence-corrected chi connectivity index (χ3v) is 4.80. The van der Waals surface area contributed by atoms with E-state index in [1.165, 1.54) is 0 Å². The summed E-state index contributed by atoms with van der Waals surface area (Å²) >= 11 is 0. The van der Waals surface area contributed by atoms with Crippen LogP contribution in [0, 0.1) is 0 Å². The van der Waals surface area contributed by atoms with Gasteiger partial charge in [0.15, 0.2) is 0 Å². The lowest BCUT2D eigenvalue weighted by atomic mass is 10.2. The summed E-state index contributed by atoms with van der Waals surface area (Å²) in [6, 6.07) is 41.5. The molecule has 0 aliphatic heterocycles. The molecule has 0 amide bonds. The second-order valence-corrected chi connectivity index (χ2v) is 6.82. The first-order valence-electron chi connectivity index (χ1n) is 10.1. The van der Waals surface area contributed by atoms with E-state index in [1.54, 1.807) is 0 Å². The summed E-state index contributed by atoms with van der Waals surface area (Å²) in [5.41, 5.74) is 7.91. The minimum atomic E-state index is 0.724. The lowest BCUT2D eigenvalue weighted by Crippen LogP contribution is -2.16. The molecule has 4 aromatic rings. The van der Waals surface area contributed by atoms with Crippen molar-refractivity contribution < 1.29 is 0 Å². The fourth-order valence-electron chi connectivity index (χ4n) is 3.32. The van der Waals surface area contributed by atoms with Gasteiger partial charge in [-0.05, 0) is 54.6 Å². The van der Waals surface area contributed by atoms with Gasteiger partial charge in [-0.3, -0.25) is 0 Å². The second-order valence-electron chi connectivity index (χ2n) is 6.82. The van der Waals surface area contributed by atoms with Crippen LogP contribution in [-0.2, 0) is 0 Å². The first kappa shape index (κ1) is 19.3. The molecule has 2 heteroatoms. The molecule has 0 atom stereocenters. The van der Waals surface area contributed by atoms with E-state index in [4.69, 9.17) is 0 Å². The van der Waals surface area contributed by atoms with Crippen LogP contribution >= 0.6 is 0 Å². The Balaban J connectivity index is 1.61. The number of hydrogen-bond acceptors (Lipinski definition) is 2. The van der Waals surface area contributed by atoms with Gasteiger partial charge in [0.2, 0.25) is 0 Å². The summed E-state index contributed by atoms with van der Waals surface area (Å²) in [4.78, 5) is 4.42. The third kappa shape index (κ3) is 4.88. The van der Waals surface area contributed by atoms with Crippen LogP contribution in [-0.4, -0.2) is 6.54 Å². The summed E-state index contributed by atoms with van der Waals surface area (Å²) in [7, 11) is 0. The highest BCUT2D eigenvalue weighted by Crippen LogP contribution is 2.26. The molecular weight excluding hydrogens is 364 g/mol. The van der Waals surface area contributed by atoms with Crippen LogP contribution in [0.2, 0.25) is 0 Å². The minimum absolute atomic E-state index is 0.724. The SMILES string of the molecule is C(=CCN(c1ccccc1)c1ccccc1)=CN(c1ccccc1)c1ccccc1. The standard InChI is InChI=1S/C28H24N2/c1-5-15-25(16-6-1)29(26-17-7-2-8-18-26)23-13-14-24-30(27-19-9-3-10-20-27)28-21-11-4-12-22-28/h1-13,15-22,24H,23H2. The highest BCUT2D eigenvalue weighted by atomic mass is 15.1. The first-order valence-corrected chi connectivity index (χ1v) is 10.1. The lowest BCUT2D eigenvalue weighted by molar-refractivity contribution is 1.10. The molecule has 0 aliphatic carbocycles. The smallest absolute Gasteiger partial charge is 0.0515 e. The van der Waals surface area contributed by atoms with Gasteiger partial charge >= 0.3 is 0 Å². The predicted molar refractivity (Wildman–Crippen MR) is 128 cm³/mol. The van der Waals surface area contributed by atoms with Crippen LogP contribution in [0.4, 0.5) is 22.7 Å². The quantitative estimate of drug-likeness (QED) is 0.306. The summed E-state index contributed by atoms with van der Waals surface area (Å²) in [6.07, 6.45) is 4.07. The van der Waals surface area contributed by atoms with Crippen LogP contribution in [0.1, 0.15) is 0 Å². The fourth-order valence-corrected chi connectivity index (χ4v) is 3.32. The Labute approximate surface area is 178 Å². The van der Waals surface area contributed by atoms with Gasteiger partial charge in [-0.25, -0.2) is 0 Å². The van der Waals surface area contributed by atoms with Crippen molar-refractivity contribution in [3.63, 3.8) is 0 Å². The highest BCUT2D eigenvalue weighted by Gasteiger charge is 2.07. The van der Waals surface area contributed by atoms with E-state index < -0.39 is 0 Å². The second kappa shape index (κ2) is 9.97. The maximum Gasteiger partial charge on any atom is 0.0515 e. The van der Waals surface area contributed by atoms with Gasteiger partial charge < -0.3 is 9.80 Å². The Morgan fingerprint density at radius 2 is 0.867 bits per heavy atom. The van der Waals surface area contributed by atoms with Crippen molar-refractivity contribution in [3.05, 3.63) is 139 Å². The molecule has 0 unspecified atom stereocenters. The number of benzene rings is 4. The summed E-state index contributed by atoms with van der Waals surface area (Å²) in [5.74, 6) is 0. The Morgan fingerprint density at radius 1 is 0.500 bits per heavy atom. The minimum Gasteiger partial charge on any atom is -0.337 e. The van der Waals surface area contributed by atoms with Gasteiger partial charge in [0, 0.05) is 29.3 Å². The molecule has 0 heterocycles. The largest absolute Gasteiger partial charge is 0.337 e. The zero-order valence-corrected chi connectivity index (χ0v) is 16.8. The Kier molecular flexibility index (Phi) is 6.42. The molecule has 0 bridgehead atoms. The molecule has 4 aromatic carbocycles. The van der Waals surface area contributed by atoms with E-state index in [1.807, 2.05) is 30.5 Å². The van der Waals surface area contributed by atoms with E-state index in [0.29, 0.717) is 0 Å². The average Bonchev–Trinajstić information content (AvgIpc) is 2.84. The van der Waals surface area contributed by atoms with Gasteiger partial charge in [-0.15, -0.1) is 5.73 Å². The Hall–Kier alpha value is -4.00. The monoisotopic (exact) mass is 388 g/mol. The van der Waals surface area contributed by atoms with Gasteiger partial charge in [0.1, 0.15) is 0 Å². The van der Waals surface area contributed by atoms with Crippen molar-refractivity contribution >= 4 is 22.7 Å². The van der Waals surface area contributed by atoms with Gasteiger partial charge in [-0.2, -0.15) is 0 Å². The zero-order valence-electron chi connectivity index (χ0n) is 16.8. The summed E-state index contributed by atoms with van der Waals surface area (Å²) < 4.78 is 0. The van der Waals surface area contributed by atoms with Crippen molar-refractivity contribution in [1.82, 2.24) is 0 Å². The number of hydrogen-bond donors (Lipinski definition) is 0. The molecule has 0 saturated carbocycles. The molecule has 0 aliphatic rings. The van der Waals surface area contributed by atoms with Crippen LogP contribution in [0.3, 0.4) is 0 Å². The predicted octanol–water partition coefficient (Wildman–Crippen LogP) is 7.33. The van der Waals surface area contributed by atoms with Crippen LogP contribution in [0.5, 0.6) is 0 Å². The van der Waals surface area contributed by atoms with E-state index in [2.05, 4.69) is 119 Å². The van der Waals surface area contributed by atoms with Gasteiger partial charge in [0.05, 0.1) is 6.20 Å². The van der Waals surface area contributed by atoms with Crippen molar-refractivity contribution in [2.24, 2.45) is 0 Å². The van der Waals surface area contributed by atoms with Crippen molar-refractivity contribution in [3.8, 4) is 0 Å². The van der Waals surface area contributed by atoms with Crippen molar-refractivity contribution in [1.29, 1.82) is 0 Å². The number of anilines is 4. The van der Waals surface area contributed by atoms with Crippen LogP contribution in [0.25, 0.3) is 0 Å². The summed E-state index contributed by atoms with van der Waals surface area (Å²) in [6.45, 7) is 0.724. The zero-order chi connectivity index (χ0) is 20.4. The van der Waals surface area contributed by atoms with Crippen molar-refractivity contribution in [2.45, 2.75) is 0 Å². The molecule has 0 radical (unpaired) electrons. The summed E-state index contributed by atoms with van der Waals surface area (Å²) in [5, 5.41) is 0. The van der Waals surface area contributed by atoms with Gasteiger partial charge in [0.25, 0.3) is 0 Å². The molecule has 0 saturated heterocycles. The number of nitrogens with zero attached hydrogens (tertiary/aromatic N) is 2. The number of rotatable bonds is 7. The van der Waals surface area contributed by atoms with E-state index in [0.717, 1.165) is 29.3 Å². The molecule has 4 rings (SSSR count). The number of para-hydroxylation sites is 4.